The van der Waals surface area contributed by atoms with E-state index in [0.29, 0.717) is 10.6 Å². The number of nitrogens with zero attached hydrogens (tertiary/aromatic N) is 2. The highest BCUT2D eigenvalue weighted by Gasteiger charge is 2.24. The molecule has 0 fully saturated rings. The van der Waals surface area contributed by atoms with Crippen LogP contribution in [0.4, 0.5) is 5.69 Å². The number of benzene rings is 2. The first-order valence-corrected chi connectivity index (χ1v) is 10.3. The van der Waals surface area contributed by atoms with Gasteiger partial charge in [-0.1, -0.05) is 36.7 Å². The molecular formula is C25H24ClN3O. The molecule has 0 radical (unpaired) electrons. The zero-order valence-electron chi connectivity index (χ0n) is 17.4. The second-order valence-electron chi connectivity index (χ2n) is 7.66. The maximum atomic E-state index is 11.7. The largest absolute Gasteiger partial charge is 0.351 e. The first-order chi connectivity index (χ1) is 14.4. The lowest BCUT2D eigenvalue weighted by molar-refractivity contribution is -0.110. The summed E-state index contributed by atoms with van der Waals surface area (Å²) >= 11 is 6.41. The minimum absolute atomic E-state index is 0.165. The Morgan fingerprint density at radius 1 is 1.20 bits per heavy atom. The first-order valence-electron chi connectivity index (χ1n) is 9.97. The Balaban J connectivity index is 0.000000230. The molecule has 152 valence electrons. The first kappa shape index (κ1) is 20.2. The van der Waals surface area contributed by atoms with E-state index in [0.717, 1.165) is 40.7 Å². The third kappa shape index (κ3) is 3.71. The summed E-state index contributed by atoms with van der Waals surface area (Å²) in [5.74, 6) is -0.165. The second kappa shape index (κ2) is 7.96. The average Bonchev–Trinajstić information content (AvgIpc) is 3.40. The predicted octanol–water partition coefficient (Wildman–Crippen LogP) is 6.26. The normalized spacial score (nSPS) is 14.8. The summed E-state index contributed by atoms with van der Waals surface area (Å²) < 4.78 is 2.08. The van der Waals surface area contributed by atoms with Gasteiger partial charge in [-0.25, -0.2) is 0 Å². The van der Waals surface area contributed by atoms with E-state index in [2.05, 4.69) is 59.6 Å². The zero-order chi connectivity index (χ0) is 21.4. The van der Waals surface area contributed by atoms with Gasteiger partial charge >= 0.3 is 0 Å². The summed E-state index contributed by atoms with van der Waals surface area (Å²) in [4.78, 5) is 16.0. The molecule has 0 bridgehead atoms. The number of carbonyl (C=O) groups excluding carboxylic acids is 1. The van der Waals surface area contributed by atoms with Gasteiger partial charge in [0, 0.05) is 46.6 Å². The second-order valence-corrected chi connectivity index (χ2v) is 8.07. The summed E-state index contributed by atoms with van der Waals surface area (Å²) in [6.45, 7) is 9.02. The molecule has 0 aliphatic carbocycles. The summed E-state index contributed by atoms with van der Waals surface area (Å²) in [5, 5.41) is 4.55. The van der Waals surface area contributed by atoms with Gasteiger partial charge in [0.15, 0.2) is 0 Å². The molecule has 1 N–H and O–H groups in total. The van der Waals surface area contributed by atoms with E-state index >= 15 is 0 Å². The fraction of sp³-hybridized carbons (Fsp3) is 0.200. The van der Waals surface area contributed by atoms with E-state index in [-0.39, 0.29) is 5.91 Å². The number of anilines is 1. The third-order valence-electron chi connectivity index (χ3n) is 5.46. The van der Waals surface area contributed by atoms with Gasteiger partial charge in [0.1, 0.15) is 0 Å². The number of hydrogen-bond acceptors (Lipinski definition) is 2. The Morgan fingerprint density at radius 3 is 2.67 bits per heavy atom. The Labute approximate surface area is 181 Å². The van der Waals surface area contributed by atoms with Crippen LogP contribution < -0.4 is 5.32 Å². The fourth-order valence-corrected chi connectivity index (χ4v) is 4.01. The third-order valence-corrected chi connectivity index (χ3v) is 5.77. The van der Waals surface area contributed by atoms with Crippen molar-refractivity contribution < 1.29 is 4.79 Å². The van der Waals surface area contributed by atoms with Crippen molar-refractivity contribution in [2.75, 3.05) is 11.9 Å². The van der Waals surface area contributed by atoms with Crippen LogP contribution in [0, 0.1) is 0 Å². The molecule has 0 unspecified atom stereocenters. The van der Waals surface area contributed by atoms with Crippen molar-refractivity contribution in [1.29, 1.82) is 0 Å². The quantitative estimate of drug-likeness (QED) is 0.491. The van der Waals surface area contributed by atoms with Gasteiger partial charge < -0.3 is 9.88 Å². The van der Waals surface area contributed by atoms with Crippen LogP contribution in [-0.4, -0.2) is 22.7 Å². The molecule has 3 heterocycles. The van der Waals surface area contributed by atoms with E-state index in [1.165, 1.54) is 16.8 Å². The Hall–Kier alpha value is -3.11. The van der Waals surface area contributed by atoms with Gasteiger partial charge in [0.2, 0.25) is 0 Å². The molecule has 0 spiro atoms. The van der Waals surface area contributed by atoms with Crippen LogP contribution in [0.5, 0.6) is 0 Å². The average molecular weight is 418 g/mol. The molecule has 0 atom stereocenters. The van der Waals surface area contributed by atoms with Crippen LogP contribution in [0.1, 0.15) is 25.8 Å². The highest BCUT2D eigenvalue weighted by Crippen LogP contribution is 2.39. The lowest BCUT2D eigenvalue weighted by Gasteiger charge is -2.08. The number of aryl methyl sites for hydroxylation is 1. The topological polar surface area (TPSA) is 46.4 Å². The van der Waals surface area contributed by atoms with Crippen molar-refractivity contribution in [1.82, 2.24) is 4.57 Å². The maximum Gasteiger partial charge on any atom is 0.255 e. The molecule has 30 heavy (non-hydrogen) atoms. The molecular weight excluding hydrogens is 394 g/mol. The minimum Gasteiger partial charge on any atom is -0.351 e. The number of carbonyl (C=O) groups is 1. The molecule has 2 aliphatic heterocycles. The van der Waals surface area contributed by atoms with Gasteiger partial charge in [-0.15, -0.1) is 0 Å². The van der Waals surface area contributed by atoms with Crippen LogP contribution >= 0.6 is 11.6 Å². The molecule has 4 nitrogen and oxygen atoms in total. The molecule has 2 aliphatic rings. The maximum absolute atomic E-state index is 11.7. The summed E-state index contributed by atoms with van der Waals surface area (Å²) in [5.41, 5.74) is 7.77. The summed E-state index contributed by atoms with van der Waals surface area (Å²) in [6, 6.07) is 12.0. The van der Waals surface area contributed by atoms with E-state index in [1.54, 1.807) is 6.07 Å². The molecule has 3 aromatic rings. The van der Waals surface area contributed by atoms with E-state index in [1.807, 2.05) is 25.4 Å². The van der Waals surface area contributed by atoms with Gasteiger partial charge in [-0.3, -0.25) is 9.79 Å². The van der Waals surface area contributed by atoms with Gasteiger partial charge in [0.25, 0.3) is 5.91 Å². The van der Waals surface area contributed by atoms with Gasteiger partial charge in [0.05, 0.1) is 17.3 Å². The van der Waals surface area contributed by atoms with E-state index in [9.17, 15) is 4.79 Å². The number of fused-ring (bicyclic) bond motifs is 2. The van der Waals surface area contributed by atoms with Crippen LogP contribution in [0.2, 0.25) is 5.02 Å². The van der Waals surface area contributed by atoms with Crippen LogP contribution in [0.15, 0.2) is 65.8 Å². The van der Waals surface area contributed by atoms with Crippen molar-refractivity contribution in [3.05, 3.63) is 71.4 Å². The zero-order valence-corrected chi connectivity index (χ0v) is 18.2. The number of aliphatic imine (C=N–C) groups is 1. The SMILES string of the molecule is C=C1C(=O)Nc2cc(Cl)c(-c3ccc4c(ccn4C)c3)cc21.CCC1=NCC(C)=C1. The summed E-state index contributed by atoms with van der Waals surface area (Å²) in [6.07, 6.45) is 5.28. The monoisotopic (exact) mass is 417 g/mol. The number of halogens is 1. The van der Waals surface area contributed by atoms with Gasteiger partial charge in [-0.2, -0.15) is 0 Å². The van der Waals surface area contributed by atoms with Crippen LogP contribution in [-0.2, 0) is 11.8 Å². The molecule has 2 aromatic carbocycles. The molecule has 0 saturated carbocycles. The number of nitrogens with one attached hydrogen (secondary N) is 1. The fourth-order valence-electron chi connectivity index (χ4n) is 3.73. The number of amides is 1. The highest BCUT2D eigenvalue weighted by molar-refractivity contribution is 6.36. The number of hydrogen-bond donors (Lipinski definition) is 1. The minimum atomic E-state index is -0.165. The van der Waals surface area contributed by atoms with Crippen LogP contribution in [0.3, 0.4) is 0 Å². The number of allylic oxidation sites excluding steroid dienone is 1. The number of aromatic nitrogens is 1. The Bertz CT molecular complexity index is 1250. The standard InChI is InChI=1S/C18H13ClN2O.C7H11N/c1-10-13-8-14(15(19)9-16(13)20-18(10)22)11-3-4-17-12(7-11)5-6-21(17)2;1-3-7-4-6(2)5-8-7/h3-9H,1H2,2H3,(H,20,22);4H,3,5H2,1-2H3. The Morgan fingerprint density at radius 2 is 2.00 bits per heavy atom. The van der Waals surface area contributed by atoms with Crippen molar-refractivity contribution in [3.8, 4) is 11.1 Å². The predicted molar refractivity (Wildman–Crippen MR) is 127 cm³/mol. The number of rotatable bonds is 2. The summed E-state index contributed by atoms with van der Waals surface area (Å²) in [7, 11) is 2.02. The lowest BCUT2D eigenvalue weighted by Crippen LogP contribution is -2.02. The molecule has 1 aromatic heterocycles. The molecule has 0 saturated heterocycles. The Kier molecular flexibility index (Phi) is 5.35. The van der Waals surface area contributed by atoms with Crippen molar-refractivity contribution in [2.24, 2.45) is 12.0 Å². The molecule has 5 rings (SSSR count). The highest BCUT2D eigenvalue weighted by atomic mass is 35.5. The smallest absolute Gasteiger partial charge is 0.255 e. The van der Waals surface area contributed by atoms with E-state index in [4.69, 9.17) is 11.6 Å². The van der Waals surface area contributed by atoms with Crippen molar-refractivity contribution >= 4 is 45.4 Å². The molecule has 1 amide bonds. The molecule has 5 heteroatoms. The van der Waals surface area contributed by atoms with Crippen molar-refractivity contribution in [2.45, 2.75) is 20.3 Å². The van der Waals surface area contributed by atoms with Gasteiger partial charge in [-0.05, 0) is 55.3 Å². The van der Waals surface area contributed by atoms with Crippen molar-refractivity contribution in [3.63, 3.8) is 0 Å². The lowest BCUT2D eigenvalue weighted by atomic mass is 9.99. The van der Waals surface area contributed by atoms with E-state index < -0.39 is 0 Å². The van der Waals surface area contributed by atoms with Crippen LogP contribution in [0.25, 0.3) is 27.6 Å².